The van der Waals surface area contributed by atoms with E-state index in [9.17, 15) is 4.79 Å². The number of pyridine rings is 1. The quantitative estimate of drug-likeness (QED) is 0.741. The van der Waals surface area contributed by atoms with Crippen LogP contribution < -0.4 is 14.2 Å². The summed E-state index contributed by atoms with van der Waals surface area (Å²) in [7, 11) is 3.11. The number of carbonyl (C=O) groups is 1. The van der Waals surface area contributed by atoms with Crippen molar-refractivity contribution in [2.45, 2.75) is 6.54 Å². The molecule has 8 heteroatoms. The van der Waals surface area contributed by atoms with Gasteiger partial charge in [0.2, 0.25) is 0 Å². The molecule has 0 fully saturated rings. The minimum atomic E-state index is -0.976. The van der Waals surface area contributed by atoms with E-state index in [4.69, 9.17) is 19.3 Å². The summed E-state index contributed by atoms with van der Waals surface area (Å²) >= 11 is 0. The van der Waals surface area contributed by atoms with Gasteiger partial charge in [-0.05, 0) is 12.1 Å². The van der Waals surface area contributed by atoms with Crippen LogP contribution in [0.4, 0.5) is 0 Å². The summed E-state index contributed by atoms with van der Waals surface area (Å²) in [5.74, 6) is 1.14. The third-order valence-electron chi connectivity index (χ3n) is 3.34. The minimum absolute atomic E-state index is 0.231. The maximum atomic E-state index is 10.7. The van der Waals surface area contributed by atoms with E-state index in [1.54, 1.807) is 38.6 Å². The minimum Gasteiger partial charge on any atom is -0.493 e. The van der Waals surface area contributed by atoms with Crippen LogP contribution in [0.1, 0.15) is 0 Å². The van der Waals surface area contributed by atoms with Crippen molar-refractivity contribution in [3.8, 4) is 23.0 Å². The lowest BCUT2D eigenvalue weighted by atomic mass is 10.2. The SMILES string of the molecule is COc1cc2nccc(Oc3cnn(CC(=O)O)c3)c2cc1OC. The van der Waals surface area contributed by atoms with Gasteiger partial charge in [-0.25, -0.2) is 0 Å². The Kier molecular flexibility index (Phi) is 4.19. The normalized spacial score (nSPS) is 10.6. The number of benzene rings is 1. The molecule has 0 aliphatic heterocycles. The van der Waals surface area contributed by atoms with Crippen LogP contribution in [0, 0.1) is 0 Å². The summed E-state index contributed by atoms with van der Waals surface area (Å²) in [4.78, 5) is 15.0. The number of methoxy groups -OCH3 is 2. The fourth-order valence-corrected chi connectivity index (χ4v) is 2.29. The van der Waals surface area contributed by atoms with E-state index in [2.05, 4.69) is 10.1 Å². The van der Waals surface area contributed by atoms with Gasteiger partial charge in [0, 0.05) is 17.6 Å². The smallest absolute Gasteiger partial charge is 0.325 e. The van der Waals surface area contributed by atoms with Gasteiger partial charge in [-0.2, -0.15) is 5.10 Å². The van der Waals surface area contributed by atoms with E-state index in [1.807, 2.05) is 0 Å². The summed E-state index contributed by atoms with van der Waals surface area (Å²) in [5, 5.41) is 13.5. The fourth-order valence-electron chi connectivity index (χ4n) is 2.29. The monoisotopic (exact) mass is 329 g/mol. The molecule has 0 spiro atoms. The Balaban J connectivity index is 1.97. The Labute approximate surface area is 137 Å². The Bertz CT molecular complexity index is 891. The van der Waals surface area contributed by atoms with Crippen molar-refractivity contribution in [3.63, 3.8) is 0 Å². The average Bonchev–Trinajstić information content (AvgIpc) is 3.00. The van der Waals surface area contributed by atoms with Crippen molar-refractivity contribution in [2.75, 3.05) is 14.2 Å². The highest BCUT2D eigenvalue weighted by Gasteiger charge is 2.12. The van der Waals surface area contributed by atoms with Gasteiger partial charge in [-0.1, -0.05) is 0 Å². The standard InChI is InChI=1S/C16H15N3O5/c1-22-14-5-11-12(6-15(14)23-2)17-4-3-13(11)24-10-7-18-19(8-10)9-16(20)21/h3-8H,9H2,1-2H3,(H,20,21). The Morgan fingerprint density at radius 3 is 2.67 bits per heavy atom. The van der Waals surface area contributed by atoms with Crippen LogP contribution in [0.3, 0.4) is 0 Å². The second kappa shape index (κ2) is 6.45. The van der Waals surface area contributed by atoms with E-state index in [0.717, 1.165) is 5.39 Å². The second-order valence-electron chi connectivity index (χ2n) is 4.90. The number of rotatable bonds is 6. The fraction of sp³-hybridized carbons (Fsp3) is 0.188. The highest BCUT2D eigenvalue weighted by Crippen LogP contribution is 2.36. The molecular weight excluding hydrogens is 314 g/mol. The maximum absolute atomic E-state index is 10.7. The zero-order valence-corrected chi connectivity index (χ0v) is 13.1. The molecular formula is C16H15N3O5. The number of fused-ring (bicyclic) bond motifs is 1. The molecule has 0 saturated heterocycles. The van der Waals surface area contributed by atoms with Gasteiger partial charge in [-0.3, -0.25) is 14.5 Å². The number of aliphatic carboxylic acids is 1. The van der Waals surface area contributed by atoms with Crippen molar-refractivity contribution in [1.82, 2.24) is 14.8 Å². The molecule has 0 amide bonds. The number of hydrogen-bond donors (Lipinski definition) is 1. The Morgan fingerprint density at radius 2 is 1.96 bits per heavy atom. The lowest BCUT2D eigenvalue weighted by molar-refractivity contribution is -0.137. The summed E-state index contributed by atoms with van der Waals surface area (Å²) in [6.07, 6.45) is 4.59. The molecule has 0 unspecified atom stereocenters. The highest BCUT2D eigenvalue weighted by atomic mass is 16.5. The van der Waals surface area contributed by atoms with E-state index in [1.165, 1.54) is 17.1 Å². The molecule has 3 aromatic rings. The number of hydrogen-bond acceptors (Lipinski definition) is 6. The molecule has 0 saturated carbocycles. The van der Waals surface area contributed by atoms with E-state index >= 15 is 0 Å². The predicted molar refractivity (Wildman–Crippen MR) is 84.8 cm³/mol. The summed E-state index contributed by atoms with van der Waals surface area (Å²) in [6.45, 7) is -0.231. The maximum Gasteiger partial charge on any atom is 0.325 e. The first kappa shape index (κ1) is 15.6. The molecule has 0 atom stereocenters. The van der Waals surface area contributed by atoms with Crippen molar-refractivity contribution >= 4 is 16.9 Å². The molecule has 2 heterocycles. The van der Waals surface area contributed by atoms with Crippen LogP contribution in [-0.2, 0) is 11.3 Å². The van der Waals surface area contributed by atoms with Gasteiger partial charge < -0.3 is 19.3 Å². The lowest BCUT2D eigenvalue weighted by Gasteiger charge is -2.11. The number of nitrogens with zero attached hydrogens (tertiary/aromatic N) is 3. The first-order valence-corrected chi connectivity index (χ1v) is 7.03. The van der Waals surface area contributed by atoms with Crippen molar-refractivity contribution in [1.29, 1.82) is 0 Å². The van der Waals surface area contributed by atoms with Crippen LogP contribution >= 0.6 is 0 Å². The highest BCUT2D eigenvalue weighted by molar-refractivity contribution is 5.88. The Morgan fingerprint density at radius 1 is 1.21 bits per heavy atom. The molecule has 1 N–H and O–H groups in total. The predicted octanol–water partition coefficient (Wildman–Crippen LogP) is 2.33. The van der Waals surface area contributed by atoms with Gasteiger partial charge in [0.25, 0.3) is 0 Å². The molecule has 8 nitrogen and oxygen atoms in total. The van der Waals surface area contributed by atoms with E-state index in [-0.39, 0.29) is 6.54 Å². The van der Waals surface area contributed by atoms with Crippen LogP contribution in [0.2, 0.25) is 0 Å². The second-order valence-corrected chi connectivity index (χ2v) is 4.90. The van der Waals surface area contributed by atoms with Crippen molar-refractivity contribution < 1.29 is 24.1 Å². The number of ether oxygens (including phenoxy) is 3. The molecule has 1 aromatic carbocycles. The zero-order chi connectivity index (χ0) is 17.1. The zero-order valence-electron chi connectivity index (χ0n) is 13.1. The van der Waals surface area contributed by atoms with Crippen LogP contribution in [-0.4, -0.2) is 40.1 Å². The van der Waals surface area contributed by atoms with Gasteiger partial charge in [0.1, 0.15) is 12.3 Å². The molecule has 0 radical (unpaired) electrons. The molecule has 0 aliphatic carbocycles. The average molecular weight is 329 g/mol. The Hall–Kier alpha value is -3.29. The van der Waals surface area contributed by atoms with Crippen LogP contribution in [0.15, 0.2) is 36.8 Å². The lowest BCUT2D eigenvalue weighted by Crippen LogP contribution is -2.08. The first-order chi connectivity index (χ1) is 11.6. The molecule has 3 rings (SSSR count). The summed E-state index contributed by atoms with van der Waals surface area (Å²) in [6, 6.07) is 5.25. The van der Waals surface area contributed by atoms with Crippen LogP contribution in [0.5, 0.6) is 23.0 Å². The van der Waals surface area contributed by atoms with E-state index < -0.39 is 5.97 Å². The third-order valence-corrected chi connectivity index (χ3v) is 3.34. The number of carboxylic acids is 1. The number of carboxylic acid groups (broad SMARTS) is 1. The first-order valence-electron chi connectivity index (χ1n) is 7.03. The number of aromatic nitrogens is 3. The van der Waals surface area contributed by atoms with Crippen LogP contribution in [0.25, 0.3) is 10.9 Å². The van der Waals surface area contributed by atoms with Crippen molar-refractivity contribution in [3.05, 3.63) is 36.8 Å². The topological polar surface area (TPSA) is 95.7 Å². The van der Waals surface area contributed by atoms with Gasteiger partial charge in [-0.15, -0.1) is 0 Å². The van der Waals surface area contributed by atoms with Crippen molar-refractivity contribution in [2.24, 2.45) is 0 Å². The largest absolute Gasteiger partial charge is 0.493 e. The molecule has 2 aromatic heterocycles. The molecule has 0 bridgehead atoms. The molecule has 24 heavy (non-hydrogen) atoms. The van der Waals surface area contributed by atoms with Gasteiger partial charge >= 0.3 is 5.97 Å². The summed E-state index contributed by atoms with van der Waals surface area (Å²) < 4.78 is 17.7. The molecule has 0 aliphatic rings. The summed E-state index contributed by atoms with van der Waals surface area (Å²) in [5.41, 5.74) is 0.683. The van der Waals surface area contributed by atoms with E-state index in [0.29, 0.717) is 28.5 Å². The molecule has 124 valence electrons. The third kappa shape index (κ3) is 3.07. The van der Waals surface area contributed by atoms with Gasteiger partial charge in [0.05, 0.1) is 32.1 Å². The van der Waals surface area contributed by atoms with Gasteiger partial charge in [0.15, 0.2) is 17.2 Å².